The van der Waals surface area contributed by atoms with Crippen molar-refractivity contribution in [2.45, 2.75) is 25.0 Å². The molecule has 1 aliphatic carbocycles. The molecule has 0 unspecified atom stereocenters. The number of non-ortho nitro benzene ring substituents is 1. The number of nitro benzene ring substituents is 1. The van der Waals surface area contributed by atoms with Gasteiger partial charge in [-0.25, -0.2) is 0 Å². The van der Waals surface area contributed by atoms with Gasteiger partial charge in [-0.15, -0.1) is 0 Å². The van der Waals surface area contributed by atoms with Gasteiger partial charge in [-0.05, 0) is 30.5 Å². The van der Waals surface area contributed by atoms with Crippen molar-refractivity contribution < 1.29 is 14.8 Å². The second-order valence-corrected chi connectivity index (χ2v) is 4.84. The van der Waals surface area contributed by atoms with Gasteiger partial charge in [0.1, 0.15) is 0 Å². The van der Waals surface area contributed by atoms with Crippen LogP contribution in [0.5, 0.6) is 0 Å². The highest BCUT2D eigenvalue weighted by atomic mass is 16.6. The van der Waals surface area contributed by atoms with E-state index in [1.54, 1.807) is 0 Å². The van der Waals surface area contributed by atoms with E-state index in [1.807, 2.05) is 0 Å². The van der Waals surface area contributed by atoms with Gasteiger partial charge in [-0.3, -0.25) is 14.9 Å². The Hall–Kier alpha value is -1.99. The summed E-state index contributed by atoms with van der Waals surface area (Å²) in [7, 11) is 0. The van der Waals surface area contributed by atoms with E-state index in [1.165, 1.54) is 24.3 Å². The van der Waals surface area contributed by atoms with E-state index in [-0.39, 0.29) is 24.7 Å². The Morgan fingerprint density at radius 2 is 2.05 bits per heavy atom. The van der Waals surface area contributed by atoms with Crippen molar-refractivity contribution in [3.05, 3.63) is 39.9 Å². The van der Waals surface area contributed by atoms with Crippen LogP contribution in [0.3, 0.4) is 0 Å². The molecule has 0 bridgehead atoms. The van der Waals surface area contributed by atoms with Crippen LogP contribution in [0, 0.1) is 10.1 Å². The van der Waals surface area contributed by atoms with Crippen molar-refractivity contribution in [2.75, 3.05) is 13.1 Å². The quantitative estimate of drug-likeness (QED) is 0.498. The highest BCUT2D eigenvalue weighted by molar-refractivity contribution is 5.78. The van der Waals surface area contributed by atoms with E-state index in [4.69, 9.17) is 0 Å². The van der Waals surface area contributed by atoms with Crippen molar-refractivity contribution >= 4 is 11.6 Å². The minimum Gasteiger partial charge on any atom is -0.387 e. The zero-order chi connectivity index (χ0) is 14.5. The van der Waals surface area contributed by atoms with E-state index < -0.39 is 11.0 Å². The van der Waals surface area contributed by atoms with Crippen LogP contribution in [0.1, 0.15) is 24.5 Å². The van der Waals surface area contributed by atoms with Gasteiger partial charge >= 0.3 is 0 Å². The summed E-state index contributed by atoms with van der Waals surface area (Å²) >= 11 is 0. The van der Waals surface area contributed by atoms with Crippen molar-refractivity contribution in [2.24, 2.45) is 0 Å². The van der Waals surface area contributed by atoms with Crippen molar-refractivity contribution in [1.29, 1.82) is 0 Å². The molecular formula is C13H17N3O4. The lowest BCUT2D eigenvalue weighted by Crippen LogP contribution is -2.36. The maximum Gasteiger partial charge on any atom is 0.269 e. The molecule has 1 amide bonds. The number of aliphatic hydroxyl groups is 1. The Bertz CT molecular complexity index is 485. The van der Waals surface area contributed by atoms with Crippen LogP contribution < -0.4 is 10.6 Å². The Kier molecular flexibility index (Phi) is 4.65. The van der Waals surface area contributed by atoms with Gasteiger partial charge in [0, 0.05) is 24.7 Å². The fourth-order valence-electron chi connectivity index (χ4n) is 1.76. The summed E-state index contributed by atoms with van der Waals surface area (Å²) in [6.45, 7) is 0.371. The van der Waals surface area contributed by atoms with Gasteiger partial charge in [0.2, 0.25) is 5.91 Å². The Labute approximate surface area is 116 Å². The molecule has 7 heteroatoms. The predicted molar refractivity (Wildman–Crippen MR) is 72.1 cm³/mol. The number of carbonyl (C=O) groups excluding carboxylic acids is 1. The van der Waals surface area contributed by atoms with Gasteiger partial charge in [0.05, 0.1) is 17.6 Å². The number of nitrogens with one attached hydrogen (secondary N) is 2. The SMILES string of the molecule is O=C(CNC[C@H](O)c1ccc([N+](=O)[O-])cc1)NC1CC1. The highest BCUT2D eigenvalue weighted by Crippen LogP contribution is 2.18. The van der Waals surface area contributed by atoms with Gasteiger partial charge in [-0.1, -0.05) is 0 Å². The van der Waals surface area contributed by atoms with Gasteiger partial charge < -0.3 is 15.7 Å². The number of hydrogen-bond acceptors (Lipinski definition) is 5. The maximum atomic E-state index is 11.4. The second kappa shape index (κ2) is 6.44. The third kappa shape index (κ3) is 4.29. The van der Waals surface area contributed by atoms with Crippen molar-refractivity contribution in [1.82, 2.24) is 10.6 Å². The summed E-state index contributed by atoms with van der Waals surface area (Å²) in [5.41, 5.74) is 0.559. The number of nitrogens with zero attached hydrogens (tertiary/aromatic N) is 1. The first-order valence-corrected chi connectivity index (χ1v) is 6.49. The number of hydrogen-bond donors (Lipinski definition) is 3. The fraction of sp³-hybridized carbons (Fsp3) is 0.462. The number of rotatable bonds is 7. The van der Waals surface area contributed by atoms with Crippen LogP contribution in [0.4, 0.5) is 5.69 Å². The summed E-state index contributed by atoms with van der Waals surface area (Å²) in [5.74, 6) is -0.0802. The average Bonchev–Trinajstić information content (AvgIpc) is 3.22. The fourth-order valence-corrected chi connectivity index (χ4v) is 1.76. The lowest BCUT2D eigenvalue weighted by atomic mass is 10.1. The van der Waals surface area contributed by atoms with Crippen molar-refractivity contribution in [3.63, 3.8) is 0 Å². The molecule has 20 heavy (non-hydrogen) atoms. The summed E-state index contributed by atoms with van der Waals surface area (Å²) in [4.78, 5) is 21.4. The molecule has 0 heterocycles. The van der Waals surface area contributed by atoms with E-state index in [9.17, 15) is 20.0 Å². The minimum atomic E-state index is -0.801. The maximum absolute atomic E-state index is 11.4. The summed E-state index contributed by atoms with van der Waals surface area (Å²) in [6.07, 6.45) is 1.28. The van der Waals surface area contributed by atoms with Gasteiger partial charge in [-0.2, -0.15) is 0 Å². The monoisotopic (exact) mass is 279 g/mol. The third-order valence-corrected chi connectivity index (χ3v) is 3.05. The third-order valence-electron chi connectivity index (χ3n) is 3.05. The molecule has 0 aromatic heterocycles. The first kappa shape index (κ1) is 14.4. The molecule has 1 atom stereocenters. The molecule has 7 nitrogen and oxygen atoms in total. The van der Waals surface area contributed by atoms with Gasteiger partial charge in [0.15, 0.2) is 0 Å². The first-order valence-electron chi connectivity index (χ1n) is 6.49. The van der Waals surface area contributed by atoms with E-state index >= 15 is 0 Å². The molecule has 1 fully saturated rings. The lowest BCUT2D eigenvalue weighted by molar-refractivity contribution is -0.384. The highest BCUT2D eigenvalue weighted by Gasteiger charge is 2.22. The topological polar surface area (TPSA) is 104 Å². The summed E-state index contributed by atoms with van der Waals surface area (Å²) < 4.78 is 0. The van der Waals surface area contributed by atoms with E-state index in [0.717, 1.165) is 12.8 Å². The zero-order valence-corrected chi connectivity index (χ0v) is 10.9. The molecule has 0 saturated heterocycles. The number of nitro groups is 1. The Morgan fingerprint density at radius 1 is 1.40 bits per heavy atom. The van der Waals surface area contributed by atoms with Crippen molar-refractivity contribution in [3.8, 4) is 0 Å². The molecule has 3 N–H and O–H groups in total. The van der Waals surface area contributed by atoms with Crippen LogP contribution in [0.15, 0.2) is 24.3 Å². The van der Waals surface area contributed by atoms with E-state index in [2.05, 4.69) is 10.6 Å². The molecular weight excluding hydrogens is 262 g/mol. The molecule has 0 spiro atoms. The lowest BCUT2D eigenvalue weighted by Gasteiger charge is -2.12. The molecule has 0 radical (unpaired) electrons. The second-order valence-electron chi connectivity index (χ2n) is 4.84. The molecule has 0 aliphatic heterocycles. The van der Waals surface area contributed by atoms with Crippen LogP contribution in [0.2, 0.25) is 0 Å². The number of benzene rings is 1. The Balaban J connectivity index is 1.74. The minimum absolute atomic E-state index is 0.0160. The standard InChI is InChI=1S/C13H17N3O4/c17-12(7-14-8-13(18)15-10-3-4-10)9-1-5-11(6-2-9)16(19)20/h1-2,5-6,10,12,14,17H,3-4,7-8H2,(H,15,18)/t12-/m0/s1. The molecule has 108 valence electrons. The normalized spacial score (nSPS) is 15.7. The van der Waals surface area contributed by atoms with Crippen LogP contribution in [-0.4, -0.2) is 35.1 Å². The zero-order valence-electron chi connectivity index (χ0n) is 10.9. The smallest absolute Gasteiger partial charge is 0.269 e. The molecule has 1 aromatic carbocycles. The molecule has 1 saturated carbocycles. The number of aliphatic hydroxyl groups excluding tert-OH is 1. The van der Waals surface area contributed by atoms with Crippen LogP contribution >= 0.6 is 0 Å². The summed E-state index contributed by atoms with van der Waals surface area (Å²) in [5, 5.41) is 26.1. The molecule has 1 aliphatic rings. The van der Waals surface area contributed by atoms with Crippen LogP contribution in [-0.2, 0) is 4.79 Å². The van der Waals surface area contributed by atoms with Gasteiger partial charge in [0.25, 0.3) is 5.69 Å². The largest absolute Gasteiger partial charge is 0.387 e. The summed E-state index contributed by atoms with van der Waals surface area (Å²) in [6, 6.07) is 6.03. The Morgan fingerprint density at radius 3 is 2.60 bits per heavy atom. The average molecular weight is 279 g/mol. The van der Waals surface area contributed by atoms with Crippen LogP contribution in [0.25, 0.3) is 0 Å². The molecule has 2 rings (SSSR count). The number of carbonyl (C=O) groups is 1. The molecule has 1 aromatic rings. The first-order chi connectivity index (χ1) is 9.56. The number of amides is 1. The predicted octanol–water partition coefficient (Wildman–Crippen LogP) is 0.496. The van der Waals surface area contributed by atoms with E-state index in [0.29, 0.717) is 11.6 Å².